The summed E-state index contributed by atoms with van der Waals surface area (Å²) in [6.45, 7) is 1.51. The Kier molecular flexibility index (Phi) is 4.60. The van der Waals surface area contributed by atoms with E-state index in [1.54, 1.807) is 6.07 Å². The SMILES string of the molecule is CC(=O)C1=C(O)C(=O)N(CCBr)[C@H]1c1cccc([N+](=O)[O-])c1. The number of Topliss-reactive ketones (excluding diaryl/α,β-unsaturated/α-hetero) is 1. The maximum absolute atomic E-state index is 12.1. The topological polar surface area (TPSA) is 101 Å². The fourth-order valence-electron chi connectivity index (χ4n) is 2.49. The van der Waals surface area contributed by atoms with Crippen LogP contribution in [0.25, 0.3) is 0 Å². The summed E-state index contributed by atoms with van der Waals surface area (Å²) in [7, 11) is 0. The molecule has 8 heteroatoms. The van der Waals surface area contributed by atoms with Gasteiger partial charge < -0.3 is 10.0 Å². The third-order valence-corrected chi connectivity index (χ3v) is 3.76. The number of hydrogen-bond acceptors (Lipinski definition) is 5. The number of alkyl halides is 1. The lowest BCUT2D eigenvalue weighted by molar-refractivity contribution is -0.384. The van der Waals surface area contributed by atoms with E-state index >= 15 is 0 Å². The first-order chi connectivity index (χ1) is 10.4. The zero-order chi connectivity index (χ0) is 16.4. The summed E-state index contributed by atoms with van der Waals surface area (Å²) < 4.78 is 0. The normalized spacial score (nSPS) is 18.0. The largest absolute Gasteiger partial charge is 0.503 e. The molecular formula is C14H13BrN2O5. The number of non-ortho nitro benzene ring substituents is 1. The van der Waals surface area contributed by atoms with Crippen LogP contribution in [0, 0.1) is 10.1 Å². The quantitative estimate of drug-likeness (QED) is 0.488. The Hall–Kier alpha value is -2.22. The van der Waals surface area contributed by atoms with Crippen LogP contribution in [0.5, 0.6) is 0 Å². The summed E-state index contributed by atoms with van der Waals surface area (Å²) in [5.74, 6) is -1.69. The highest BCUT2D eigenvalue weighted by molar-refractivity contribution is 9.09. The molecule has 0 aliphatic carbocycles. The van der Waals surface area contributed by atoms with Crippen molar-refractivity contribution in [3.8, 4) is 0 Å². The van der Waals surface area contributed by atoms with E-state index in [1.807, 2.05) is 0 Å². The number of aliphatic hydroxyl groups is 1. The summed E-state index contributed by atoms with van der Waals surface area (Å²) in [5, 5.41) is 21.3. The maximum atomic E-state index is 12.1. The molecule has 22 heavy (non-hydrogen) atoms. The molecule has 1 aliphatic heterocycles. The van der Waals surface area contributed by atoms with Crippen LogP contribution >= 0.6 is 15.9 Å². The van der Waals surface area contributed by atoms with Gasteiger partial charge in [-0.05, 0) is 12.5 Å². The smallest absolute Gasteiger partial charge is 0.290 e. The van der Waals surface area contributed by atoms with E-state index in [4.69, 9.17) is 0 Å². The number of carbonyl (C=O) groups is 2. The van der Waals surface area contributed by atoms with Crippen LogP contribution in [0.3, 0.4) is 0 Å². The molecule has 1 amide bonds. The zero-order valence-electron chi connectivity index (χ0n) is 11.7. The average molecular weight is 369 g/mol. The first-order valence-corrected chi connectivity index (χ1v) is 7.56. The van der Waals surface area contributed by atoms with Crippen molar-refractivity contribution in [2.45, 2.75) is 13.0 Å². The second kappa shape index (κ2) is 6.27. The fourth-order valence-corrected chi connectivity index (χ4v) is 2.87. The summed E-state index contributed by atoms with van der Waals surface area (Å²) in [6, 6.07) is 4.89. The molecule has 0 bridgehead atoms. The number of aliphatic hydroxyl groups excluding tert-OH is 1. The van der Waals surface area contributed by atoms with Gasteiger partial charge in [-0.2, -0.15) is 0 Å². The molecular weight excluding hydrogens is 356 g/mol. The second-order valence-electron chi connectivity index (χ2n) is 4.76. The van der Waals surface area contributed by atoms with Crippen LogP contribution in [0.2, 0.25) is 0 Å². The fraction of sp³-hybridized carbons (Fsp3) is 0.286. The van der Waals surface area contributed by atoms with E-state index < -0.39 is 28.4 Å². The van der Waals surface area contributed by atoms with Gasteiger partial charge in [0.1, 0.15) is 0 Å². The molecule has 0 saturated heterocycles. The van der Waals surface area contributed by atoms with E-state index in [0.29, 0.717) is 10.9 Å². The number of hydrogen-bond donors (Lipinski definition) is 1. The molecule has 0 spiro atoms. The number of nitrogens with zero attached hydrogens (tertiary/aromatic N) is 2. The van der Waals surface area contributed by atoms with Gasteiger partial charge in [-0.3, -0.25) is 19.7 Å². The zero-order valence-corrected chi connectivity index (χ0v) is 13.2. The van der Waals surface area contributed by atoms with Crippen LogP contribution in [0.15, 0.2) is 35.6 Å². The summed E-state index contributed by atoms with van der Waals surface area (Å²) in [6.07, 6.45) is 0. The number of carbonyl (C=O) groups excluding carboxylic acids is 2. The first-order valence-electron chi connectivity index (χ1n) is 6.43. The third kappa shape index (κ3) is 2.74. The molecule has 1 N–H and O–H groups in total. The number of nitro groups is 1. The van der Waals surface area contributed by atoms with E-state index in [-0.39, 0.29) is 17.8 Å². The van der Waals surface area contributed by atoms with Crippen LogP contribution in [-0.2, 0) is 9.59 Å². The third-order valence-electron chi connectivity index (χ3n) is 3.41. The van der Waals surface area contributed by atoms with Crippen molar-refractivity contribution in [2.75, 3.05) is 11.9 Å². The van der Waals surface area contributed by atoms with Crippen molar-refractivity contribution in [1.29, 1.82) is 0 Å². The lowest BCUT2D eigenvalue weighted by Gasteiger charge is -2.25. The number of rotatable bonds is 5. The Labute approximate surface area is 134 Å². The van der Waals surface area contributed by atoms with Crippen LogP contribution < -0.4 is 0 Å². The molecule has 116 valence electrons. The molecule has 0 aromatic heterocycles. The van der Waals surface area contributed by atoms with Gasteiger partial charge in [0.2, 0.25) is 0 Å². The van der Waals surface area contributed by atoms with Gasteiger partial charge in [0.25, 0.3) is 11.6 Å². The van der Waals surface area contributed by atoms with Gasteiger partial charge in [-0.15, -0.1) is 0 Å². The van der Waals surface area contributed by atoms with E-state index in [2.05, 4.69) is 15.9 Å². The Morgan fingerprint density at radius 1 is 1.50 bits per heavy atom. The lowest BCUT2D eigenvalue weighted by Crippen LogP contribution is -2.32. The minimum Gasteiger partial charge on any atom is -0.503 e. The highest BCUT2D eigenvalue weighted by Gasteiger charge is 2.42. The van der Waals surface area contributed by atoms with Gasteiger partial charge >= 0.3 is 0 Å². The van der Waals surface area contributed by atoms with Gasteiger partial charge in [-0.1, -0.05) is 28.1 Å². The van der Waals surface area contributed by atoms with E-state index in [9.17, 15) is 24.8 Å². The lowest BCUT2D eigenvalue weighted by atomic mass is 9.96. The predicted octanol–water partition coefficient (Wildman–Crippen LogP) is 2.27. The molecule has 0 fully saturated rings. The highest BCUT2D eigenvalue weighted by atomic mass is 79.9. The average Bonchev–Trinajstić information content (AvgIpc) is 2.72. The molecule has 1 aliphatic rings. The summed E-state index contributed by atoms with van der Waals surface area (Å²) in [4.78, 5) is 35.6. The van der Waals surface area contributed by atoms with Crippen molar-refractivity contribution in [1.82, 2.24) is 4.90 Å². The molecule has 0 saturated carbocycles. The van der Waals surface area contributed by atoms with E-state index in [0.717, 1.165) is 0 Å². The van der Waals surface area contributed by atoms with Gasteiger partial charge in [0.15, 0.2) is 11.5 Å². The minimum absolute atomic E-state index is 0.0357. The number of nitro benzene ring substituents is 1. The van der Waals surface area contributed by atoms with Crippen molar-refractivity contribution >= 4 is 33.3 Å². The minimum atomic E-state index is -0.817. The monoisotopic (exact) mass is 368 g/mol. The van der Waals surface area contributed by atoms with Crippen molar-refractivity contribution in [3.63, 3.8) is 0 Å². The molecule has 2 rings (SSSR count). The van der Waals surface area contributed by atoms with Crippen LogP contribution in [0.1, 0.15) is 18.5 Å². The molecule has 0 unspecified atom stereocenters. The van der Waals surface area contributed by atoms with Crippen molar-refractivity contribution in [3.05, 3.63) is 51.3 Å². The maximum Gasteiger partial charge on any atom is 0.290 e. The Bertz CT molecular complexity index is 686. The molecule has 1 atom stereocenters. The van der Waals surface area contributed by atoms with Crippen LogP contribution in [0.4, 0.5) is 5.69 Å². The molecule has 1 aromatic rings. The van der Waals surface area contributed by atoms with Crippen LogP contribution in [-0.4, -0.2) is 38.5 Å². The number of ketones is 1. The van der Waals surface area contributed by atoms with Crippen molar-refractivity contribution in [2.24, 2.45) is 0 Å². The molecule has 0 radical (unpaired) electrons. The number of benzene rings is 1. The van der Waals surface area contributed by atoms with Gasteiger partial charge in [0, 0.05) is 24.0 Å². The van der Waals surface area contributed by atoms with Gasteiger partial charge in [0.05, 0.1) is 16.5 Å². The Balaban J connectivity index is 2.57. The van der Waals surface area contributed by atoms with Crippen molar-refractivity contribution < 1.29 is 19.6 Å². The first kappa shape index (κ1) is 16.2. The second-order valence-corrected chi connectivity index (χ2v) is 5.55. The Morgan fingerprint density at radius 3 is 2.73 bits per heavy atom. The number of halogens is 1. The summed E-state index contributed by atoms with van der Waals surface area (Å²) in [5.41, 5.74) is 0.238. The standard InChI is InChI=1S/C14H13BrN2O5/c1-8(18)11-12(16(6-5-15)14(20)13(11)19)9-3-2-4-10(7-9)17(21)22/h2-4,7,12,19H,5-6H2,1H3/t12-/m0/s1. The molecule has 7 nitrogen and oxygen atoms in total. The molecule has 1 aromatic carbocycles. The molecule has 1 heterocycles. The summed E-state index contributed by atoms with van der Waals surface area (Å²) >= 11 is 3.21. The van der Waals surface area contributed by atoms with E-state index in [1.165, 1.54) is 30.0 Å². The number of amides is 1. The highest BCUT2D eigenvalue weighted by Crippen LogP contribution is 2.38. The van der Waals surface area contributed by atoms with Gasteiger partial charge in [-0.25, -0.2) is 0 Å². The predicted molar refractivity (Wildman–Crippen MR) is 81.7 cm³/mol. The Morgan fingerprint density at radius 2 is 2.18 bits per heavy atom.